The second kappa shape index (κ2) is 12.8. The van der Waals surface area contributed by atoms with Gasteiger partial charge >= 0.3 is 0 Å². The molecule has 1 aromatic carbocycles. The fourth-order valence-corrected chi connectivity index (χ4v) is 3.78. The molecule has 0 bridgehead atoms. The van der Waals surface area contributed by atoms with Crippen LogP contribution < -0.4 is 10.6 Å². The first-order valence-corrected chi connectivity index (χ1v) is 11.1. The van der Waals surface area contributed by atoms with Gasteiger partial charge in [-0.2, -0.15) is 0 Å². The van der Waals surface area contributed by atoms with Crippen LogP contribution in [-0.4, -0.2) is 88.2 Å². The molecule has 1 saturated heterocycles. The van der Waals surface area contributed by atoms with Gasteiger partial charge in [-0.25, -0.2) is 4.99 Å². The van der Waals surface area contributed by atoms with Gasteiger partial charge in [-0.15, -0.1) is 24.0 Å². The summed E-state index contributed by atoms with van der Waals surface area (Å²) in [5.41, 5.74) is 1.37. The molecule has 1 aliphatic carbocycles. The maximum absolute atomic E-state index is 12.0. The van der Waals surface area contributed by atoms with Crippen molar-refractivity contribution in [2.24, 2.45) is 4.99 Å². The Morgan fingerprint density at radius 2 is 2.00 bits per heavy atom. The van der Waals surface area contributed by atoms with Gasteiger partial charge in [-0.3, -0.25) is 9.69 Å². The number of benzene rings is 1. The number of aliphatic imine (C=N–C) groups is 1. The first kappa shape index (κ1) is 26.2. The van der Waals surface area contributed by atoms with Crippen LogP contribution in [0.4, 0.5) is 0 Å². The standard InChI is InChI=1S/C22H34ClN5O2.HI/c1-27(2)20(29)16-25-21(24-9-4-10-28-11-13-30-14-12-28)26-17-22(7-8-22)18-5-3-6-19(23)15-18;/h3,5-6,15H,4,7-14,16-17H2,1-2H3,(H2,24,25,26);1H. The van der Waals surface area contributed by atoms with Crippen molar-refractivity contribution in [3.63, 3.8) is 0 Å². The molecule has 2 fully saturated rings. The largest absolute Gasteiger partial charge is 0.379 e. The van der Waals surface area contributed by atoms with Gasteiger partial charge < -0.3 is 20.3 Å². The molecule has 1 aromatic rings. The Labute approximate surface area is 207 Å². The number of nitrogens with zero attached hydrogens (tertiary/aromatic N) is 3. The molecular formula is C22H35ClIN5O2. The summed E-state index contributed by atoms with van der Waals surface area (Å²) in [5.74, 6) is 0.681. The number of amides is 1. The maximum atomic E-state index is 12.0. The normalized spacial score (nSPS) is 18.1. The van der Waals surface area contributed by atoms with E-state index >= 15 is 0 Å². The molecule has 9 heteroatoms. The molecule has 31 heavy (non-hydrogen) atoms. The van der Waals surface area contributed by atoms with Crippen molar-refractivity contribution in [2.75, 3.05) is 66.6 Å². The zero-order chi connectivity index (χ0) is 21.4. The minimum absolute atomic E-state index is 0. The number of morpholine rings is 1. The number of rotatable bonds is 9. The first-order valence-electron chi connectivity index (χ1n) is 10.8. The van der Waals surface area contributed by atoms with E-state index in [1.54, 1.807) is 19.0 Å². The van der Waals surface area contributed by atoms with Crippen molar-refractivity contribution in [3.05, 3.63) is 34.9 Å². The van der Waals surface area contributed by atoms with E-state index in [4.69, 9.17) is 16.3 Å². The van der Waals surface area contributed by atoms with Crippen LogP contribution in [0.5, 0.6) is 0 Å². The summed E-state index contributed by atoms with van der Waals surface area (Å²) in [6.07, 6.45) is 3.27. The van der Waals surface area contributed by atoms with Crippen LogP contribution in [0.3, 0.4) is 0 Å². The SMILES string of the molecule is CN(C)C(=O)CN=C(NCCCN1CCOCC1)NCC1(c2cccc(Cl)c2)CC1.I. The molecule has 1 aliphatic heterocycles. The number of carbonyl (C=O) groups is 1. The van der Waals surface area contributed by atoms with Gasteiger partial charge in [0.2, 0.25) is 5.91 Å². The van der Waals surface area contributed by atoms with Crippen molar-refractivity contribution < 1.29 is 9.53 Å². The second-order valence-corrected chi connectivity index (χ2v) is 8.77. The number of nitrogens with one attached hydrogen (secondary N) is 2. The summed E-state index contributed by atoms with van der Waals surface area (Å²) in [6, 6.07) is 8.11. The Morgan fingerprint density at radius 3 is 2.65 bits per heavy atom. The van der Waals surface area contributed by atoms with Crippen molar-refractivity contribution >= 4 is 47.4 Å². The molecule has 0 radical (unpaired) electrons. The molecule has 174 valence electrons. The lowest BCUT2D eigenvalue weighted by Crippen LogP contribution is -2.43. The third-order valence-electron chi connectivity index (χ3n) is 5.80. The lowest BCUT2D eigenvalue weighted by atomic mass is 9.96. The van der Waals surface area contributed by atoms with Crippen molar-refractivity contribution in [1.29, 1.82) is 0 Å². The Balaban J connectivity index is 0.00000341. The van der Waals surface area contributed by atoms with Gasteiger partial charge in [-0.1, -0.05) is 23.7 Å². The maximum Gasteiger partial charge on any atom is 0.243 e. The topological polar surface area (TPSA) is 69.2 Å². The summed E-state index contributed by atoms with van der Waals surface area (Å²) in [4.78, 5) is 20.5. The lowest BCUT2D eigenvalue weighted by Gasteiger charge is -2.26. The molecule has 0 spiro atoms. The predicted octanol–water partition coefficient (Wildman–Crippen LogP) is 2.34. The summed E-state index contributed by atoms with van der Waals surface area (Å²) in [5, 5.41) is 7.63. The summed E-state index contributed by atoms with van der Waals surface area (Å²) in [7, 11) is 3.50. The monoisotopic (exact) mass is 563 g/mol. The molecule has 2 aliphatic rings. The predicted molar refractivity (Wildman–Crippen MR) is 137 cm³/mol. The first-order chi connectivity index (χ1) is 14.5. The molecule has 1 saturated carbocycles. The number of guanidine groups is 1. The van der Waals surface area contributed by atoms with E-state index in [1.807, 2.05) is 12.1 Å². The van der Waals surface area contributed by atoms with Gasteiger partial charge in [-0.05, 0) is 43.5 Å². The number of ether oxygens (including phenoxy) is 1. The molecule has 0 aromatic heterocycles. The average Bonchev–Trinajstić information content (AvgIpc) is 3.54. The number of likely N-dealkylation sites (N-methyl/N-ethyl adjacent to an activating group) is 1. The van der Waals surface area contributed by atoms with E-state index < -0.39 is 0 Å². The van der Waals surface area contributed by atoms with Crippen LogP contribution >= 0.6 is 35.6 Å². The average molecular weight is 564 g/mol. The van der Waals surface area contributed by atoms with Crippen LogP contribution in [0.2, 0.25) is 5.02 Å². The Morgan fingerprint density at radius 1 is 1.26 bits per heavy atom. The Bertz CT molecular complexity index is 736. The number of halogens is 2. The van der Waals surface area contributed by atoms with Crippen molar-refractivity contribution in [3.8, 4) is 0 Å². The molecule has 0 atom stereocenters. The molecule has 1 amide bonds. The lowest BCUT2D eigenvalue weighted by molar-refractivity contribution is -0.127. The van der Waals surface area contributed by atoms with Crippen molar-refractivity contribution in [2.45, 2.75) is 24.7 Å². The summed E-state index contributed by atoms with van der Waals surface area (Å²) in [6.45, 7) is 6.39. The molecule has 1 heterocycles. The minimum Gasteiger partial charge on any atom is -0.379 e. The third-order valence-corrected chi connectivity index (χ3v) is 6.04. The zero-order valence-electron chi connectivity index (χ0n) is 18.5. The minimum atomic E-state index is -0.0135. The van der Waals surface area contributed by atoms with Gasteiger partial charge in [0.25, 0.3) is 0 Å². The second-order valence-electron chi connectivity index (χ2n) is 8.33. The van der Waals surface area contributed by atoms with E-state index in [9.17, 15) is 4.79 Å². The van der Waals surface area contributed by atoms with E-state index in [0.717, 1.165) is 70.2 Å². The Kier molecular flexibility index (Phi) is 10.8. The molecule has 7 nitrogen and oxygen atoms in total. The molecule has 2 N–H and O–H groups in total. The van der Waals surface area contributed by atoms with Crippen LogP contribution in [0.15, 0.2) is 29.3 Å². The zero-order valence-corrected chi connectivity index (χ0v) is 21.6. The highest BCUT2D eigenvalue weighted by Gasteiger charge is 2.44. The van der Waals surface area contributed by atoms with E-state index in [1.165, 1.54) is 5.56 Å². The molecule has 3 rings (SSSR count). The van der Waals surface area contributed by atoms with Crippen LogP contribution in [-0.2, 0) is 14.9 Å². The summed E-state index contributed by atoms with van der Waals surface area (Å²) < 4.78 is 5.40. The van der Waals surface area contributed by atoms with Gasteiger partial charge in [0.15, 0.2) is 5.96 Å². The fourth-order valence-electron chi connectivity index (χ4n) is 3.59. The van der Waals surface area contributed by atoms with E-state index in [0.29, 0.717) is 5.96 Å². The number of hydrogen-bond acceptors (Lipinski definition) is 4. The van der Waals surface area contributed by atoms with Crippen LogP contribution in [0.1, 0.15) is 24.8 Å². The van der Waals surface area contributed by atoms with Crippen LogP contribution in [0, 0.1) is 0 Å². The van der Waals surface area contributed by atoms with Crippen LogP contribution in [0.25, 0.3) is 0 Å². The number of hydrogen-bond donors (Lipinski definition) is 2. The van der Waals surface area contributed by atoms with Gasteiger partial charge in [0.05, 0.1) is 13.2 Å². The fraction of sp³-hybridized carbons (Fsp3) is 0.636. The highest BCUT2D eigenvalue weighted by atomic mass is 127. The highest BCUT2D eigenvalue weighted by molar-refractivity contribution is 14.0. The van der Waals surface area contributed by atoms with E-state index in [-0.39, 0.29) is 41.8 Å². The van der Waals surface area contributed by atoms with Crippen molar-refractivity contribution in [1.82, 2.24) is 20.4 Å². The summed E-state index contributed by atoms with van der Waals surface area (Å²) >= 11 is 6.19. The van der Waals surface area contributed by atoms with Gasteiger partial charge in [0.1, 0.15) is 6.54 Å². The molecular weight excluding hydrogens is 529 g/mol. The third kappa shape index (κ3) is 8.40. The van der Waals surface area contributed by atoms with E-state index in [2.05, 4.69) is 32.7 Å². The quantitative estimate of drug-likeness (QED) is 0.209. The number of carbonyl (C=O) groups excluding carboxylic acids is 1. The Hall–Kier alpha value is -1.10. The smallest absolute Gasteiger partial charge is 0.243 e. The van der Waals surface area contributed by atoms with Gasteiger partial charge in [0, 0.05) is 50.7 Å². The molecule has 0 unspecified atom stereocenters. The highest BCUT2D eigenvalue weighted by Crippen LogP contribution is 2.48.